The third-order valence-electron chi connectivity index (χ3n) is 3.92. The molecule has 1 saturated heterocycles. The van der Waals surface area contributed by atoms with E-state index >= 15 is 0 Å². The topological polar surface area (TPSA) is 41.3 Å². The Morgan fingerprint density at radius 2 is 2.20 bits per heavy atom. The van der Waals surface area contributed by atoms with Gasteiger partial charge in [0.2, 0.25) is 0 Å². The smallest absolute Gasteiger partial charge is 0.181 e. The molecule has 0 saturated carbocycles. The minimum Gasteiger partial charge on any atom is -0.444 e. The summed E-state index contributed by atoms with van der Waals surface area (Å²) in [7, 11) is 2.21. The molecule has 0 spiro atoms. The number of nitrogens with zero attached hydrogens (tertiary/aromatic N) is 2. The largest absolute Gasteiger partial charge is 0.444 e. The molecule has 0 aliphatic carbocycles. The second-order valence-corrected chi connectivity index (χ2v) is 5.59. The average molecular weight is 271 g/mol. The first kappa shape index (κ1) is 13.2. The standard InChI is InChI=1S/C16H21N3O/c1-19-8-2-3-13(11-19)9-18-15-6-4-14(5-7-15)16-10-17-12-20-16/h4-7,10,12-13,18H,2-3,8-9,11H2,1H3. The molecule has 1 aromatic heterocycles. The maximum atomic E-state index is 5.29. The van der Waals surface area contributed by atoms with Gasteiger partial charge in [0.25, 0.3) is 0 Å². The highest BCUT2D eigenvalue weighted by Gasteiger charge is 2.16. The fourth-order valence-corrected chi connectivity index (χ4v) is 2.81. The molecule has 0 radical (unpaired) electrons. The summed E-state index contributed by atoms with van der Waals surface area (Å²) in [5.41, 5.74) is 2.23. The number of aromatic nitrogens is 1. The molecule has 1 atom stereocenters. The summed E-state index contributed by atoms with van der Waals surface area (Å²) < 4.78 is 5.29. The number of nitrogens with one attached hydrogen (secondary N) is 1. The van der Waals surface area contributed by atoms with Gasteiger partial charge in [-0.3, -0.25) is 0 Å². The van der Waals surface area contributed by atoms with Crippen LogP contribution in [0.25, 0.3) is 11.3 Å². The van der Waals surface area contributed by atoms with Crippen LogP contribution in [0.4, 0.5) is 5.69 Å². The Labute approximate surface area is 119 Å². The normalized spacial score (nSPS) is 19.9. The van der Waals surface area contributed by atoms with Crippen molar-refractivity contribution in [1.82, 2.24) is 9.88 Å². The van der Waals surface area contributed by atoms with E-state index in [2.05, 4.69) is 46.5 Å². The first-order valence-corrected chi connectivity index (χ1v) is 7.22. The van der Waals surface area contributed by atoms with Crippen LogP contribution in [-0.4, -0.2) is 36.6 Å². The van der Waals surface area contributed by atoms with Gasteiger partial charge in [-0.1, -0.05) is 0 Å². The van der Waals surface area contributed by atoms with E-state index in [1.54, 1.807) is 6.20 Å². The van der Waals surface area contributed by atoms with Crippen molar-refractivity contribution in [2.45, 2.75) is 12.8 Å². The summed E-state index contributed by atoms with van der Waals surface area (Å²) >= 11 is 0. The van der Waals surface area contributed by atoms with Gasteiger partial charge in [-0.25, -0.2) is 4.98 Å². The minimum absolute atomic E-state index is 0.753. The van der Waals surface area contributed by atoms with Crippen molar-refractivity contribution in [2.24, 2.45) is 5.92 Å². The van der Waals surface area contributed by atoms with Crippen LogP contribution in [0.5, 0.6) is 0 Å². The van der Waals surface area contributed by atoms with Crippen molar-refractivity contribution in [2.75, 3.05) is 32.0 Å². The highest BCUT2D eigenvalue weighted by atomic mass is 16.3. The number of oxazole rings is 1. The zero-order valence-electron chi connectivity index (χ0n) is 11.9. The molecule has 4 heteroatoms. The zero-order chi connectivity index (χ0) is 13.8. The van der Waals surface area contributed by atoms with Crippen LogP contribution in [0.15, 0.2) is 41.3 Å². The third-order valence-corrected chi connectivity index (χ3v) is 3.92. The zero-order valence-corrected chi connectivity index (χ0v) is 11.9. The predicted octanol–water partition coefficient (Wildman–Crippen LogP) is 3.10. The molecule has 20 heavy (non-hydrogen) atoms. The van der Waals surface area contributed by atoms with Gasteiger partial charge in [0.1, 0.15) is 0 Å². The molecule has 4 nitrogen and oxygen atoms in total. The molecular weight excluding hydrogens is 250 g/mol. The Morgan fingerprint density at radius 1 is 1.35 bits per heavy atom. The fraction of sp³-hybridized carbons (Fsp3) is 0.438. The number of anilines is 1. The highest BCUT2D eigenvalue weighted by Crippen LogP contribution is 2.21. The summed E-state index contributed by atoms with van der Waals surface area (Å²) in [5.74, 6) is 1.56. The summed E-state index contributed by atoms with van der Waals surface area (Å²) in [6.07, 6.45) is 5.84. The van der Waals surface area contributed by atoms with Gasteiger partial charge >= 0.3 is 0 Å². The minimum atomic E-state index is 0.753. The first-order chi connectivity index (χ1) is 9.81. The second-order valence-electron chi connectivity index (χ2n) is 5.59. The van der Waals surface area contributed by atoms with E-state index in [1.807, 2.05) is 0 Å². The molecule has 1 N–H and O–H groups in total. The number of benzene rings is 1. The molecule has 1 aliphatic heterocycles. The quantitative estimate of drug-likeness (QED) is 0.927. The number of rotatable bonds is 4. The lowest BCUT2D eigenvalue weighted by atomic mass is 9.98. The fourth-order valence-electron chi connectivity index (χ4n) is 2.81. The monoisotopic (exact) mass is 271 g/mol. The van der Waals surface area contributed by atoms with Gasteiger partial charge in [-0.15, -0.1) is 0 Å². The molecule has 2 aromatic rings. The van der Waals surface area contributed by atoms with E-state index in [0.29, 0.717) is 0 Å². The third kappa shape index (κ3) is 3.20. The van der Waals surface area contributed by atoms with E-state index in [9.17, 15) is 0 Å². The Balaban J connectivity index is 1.56. The maximum absolute atomic E-state index is 5.29. The molecule has 1 unspecified atom stereocenters. The second kappa shape index (κ2) is 6.09. The Kier molecular flexibility index (Phi) is 4.02. The number of likely N-dealkylation sites (tertiary alicyclic amines) is 1. The van der Waals surface area contributed by atoms with Crippen LogP contribution in [0.3, 0.4) is 0 Å². The highest BCUT2D eigenvalue weighted by molar-refractivity contribution is 5.60. The van der Waals surface area contributed by atoms with Crippen LogP contribution in [-0.2, 0) is 0 Å². The van der Waals surface area contributed by atoms with Crippen molar-refractivity contribution in [3.05, 3.63) is 36.9 Å². The SMILES string of the molecule is CN1CCCC(CNc2ccc(-c3cnco3)cc2)C1. The summed E-state index contributed by atoms with van der Waals surface area (Å²) in [5, 5.41) is 3.53. The predicted molar refractivity (Wildman–Crippen MR) is 80.6 cm³/mol. The average Bonchev–Trinajstić information content (AvgIpc) is 3.00. The van der Waals surface area contributed by atoms with Gasteiger partial charge in [0, 0.05) is 24.3 Å². The van der Waals surface area contributed by atoms with Gasteiger partial charge in [0.05, 0.1) is 6.20 Å². The molecule has 2 heterocycles. The number of hydrogen-bond acceptors (Lipinski definition) is 4. The first-order valence-electron chi connectivity index (χ1n) is 7.22. The maximum Gasteiger partial charge on any atom is 0.181 e. The summed E-state index contributed by atoms with van der Waals surface area (Å²) in [6, 6.07) is 8.33. The van der Waals surface area contributed by atoms with Gasteiger partial charge in [-0.2, -0.15) is 0 Å². The Morgan fingerprint density at radius 3 is 2.90 bits per heavy atom. The van der Waals surface area contributed by atoms with Gasteiger partial charge in [0.15, 0.2) is 12.2 Å². The van der Waals surface area contributed by atoms with E-state index < -0.39 is 0 Å². The molecule has 1 fully saturated rings. The molecule has 3 rings (SSSR count). The van der Waals surface area contributed by atoms with Crippen LogP contribution < -0.4 is 5.32 Å². The molecule has 1 aromatic carbocycles. The summed E-state index contributed by atoms with van der Waals surface area (Å²) in [6.45, 7) is 3.48. The van der Waals surface area contributed by atoms with Crippen LogP contribution in [0.2, 0.25) is 0 Å². The van der Waals surface area contributed by atoms with Crippen LogP contribution >= 0.6 is 0 Å². The van der Waals surface area contributed by atoms with Gasteiger partial charge < -0.3 is 14.6 Å². The van der Waals surface area contributed by atoms with Crippen LogP contribution in [0.1, 0.15) is 12.8 Å². The molecule has 0 bridgehead atoms. The van der Waals surface area contributed by atoms with Crippen molar-refractivity contribution in [1.29, 1.82) is 0 Å². The molecule has 106 valence electrons. The molecule has 1 aliphatic rings. The van der Waals surface area contributed by atoms with E-state index in [4.69, 9.17) is 4.42 Å². The van der Waals surface area contributed by atoms with Crippen molar-refractivity contribution in [3.8, 4) is 11.3 Å². The van der Waals surface area contributed by atoms with Gasteiger partial charge in [-0.05, 0) is 56.6 Å². The number of hydrogen-bond donors (Lipinski definition) is 1. The van der Waals surface area contributed by atoms with E-state index in [1.165, 1.54) is 38.0 Å². The van der Waals surface area contributed by atoms with Crippen molar-refractivity contribution in [3.63, 3.8) is 0 Å². The lowest BCUT2D eigenvalue weighted by Crippen LogP contribution is -2.35. The lowest BCUT2D eigenvalue weighted by molar-refractivity contribution is 0.217. The Bertz CT molecular complexity index is 521. The molecule has 0 amide bonds. The van der Waals surface area contributed by atoms with Crippen LogP contribution in [0, 0.1) is 5.92 Å². The Hall–Kier alpha value is -1.81. The van der Waals surface area contributed by atoms with Crippen molar-refractivity contribution < 1.29 is 4.42 Å². The lowest BCUT2D eigenvalue weighted by Gasteiger charge is -2.29. The summed E-state index contributed by atoms with van der Waals surface area (Å²) in [4.78, 5) is 6.36. The van der Waals surface area contributed by atoms with E-state index in [0.717, 1.165) is 23.8 Å². The van der Waals surface area contributed by atoms with E-state index in [-0.39, 0.29) is 0 Å². The number of piperidine rings is 1. The molecular formula is C16H21N3O. The van der Waals surface area contributed by atoms with Crippen molar-refractivity contribution >= 4 is 5.69 Å².